The topological polar surface area (TPSA) is 80.3 Å². The molecule has 1 aromatic rings. The molecule has 1 rings (SSSR count). The van der Waals surface area contributed by atoms with Gasteiger partial charge in [0.25, 0.3) is 5.91 Å². The zero-order chi connectivity index (χ0) is 15.2. The van der Waals surface area contributed by atoms with Crippen molar-refractivity contribution >= 4 is 27.9 Å². The Hall–Kier alpha value is -1.63. The van der Waals surface area contributed by atoms with Crippen LogP contribution in [0.5, 0.6) is 0 Å². The van der Waals surface area contributed by atoms with Gasteiger partial charge in [0.15, 0.2) is 0 Å². The Balaban J connectivity index is 2.28. The summed E-state index contributed by atoms with van der Waals surface area (Å²) in [6.07, 6.45) is 1.03. The van der Waals surface area contributed by atoms with Gasteiger partial charge < -0.3 is 15.4 Å². The Morgan fingerprint density at radius 3 is 2.55 bits per heavy atom. The number of rotatable bonds is 4. The number of aromatic nitrogens is 1. The molecule has 1 heterocycles. The number of hydrogen-bond donors (Lipinski definition) is 2. The van der Waals surface area contributed by atoms with E-state index in [0.29, 0.717) is 12.2 Å². The Labute approximate surface area is 126 Å². The fourth-order valence-corrected chi connectivity index (χ4v) is 1.61. The molecule has 0 bridgehead atoms. The molecule has 7 heteroatoms. The zero-order valence-corrected chi connectivity index (χ0v) is 13.3. The van der Waals surface area contributed by atoms with Gasteiger partial charge in [-0.05, 0) is 32.9 Å². The van der Waals surface area contributed by atoms with E-state index in [9.17, 15) is 9.59 Å². The summed E-state index contributed by atoms with van der Waals surface area (Å²) >= 11 is 3.27. The first-order chi connectivity index (χ1) is 9.28. The molecule has 2 N–H and O–H groups in total. The molecule has 0 radical (unpaired) electrons. The third-order valence-electron chi connectivity index (χ3n) is 2.03. The van der Waals surface area contributed by atoms with Gasteiger partial charge in [-0.25, -0.2) is 4.79 Å². The van der Waals surface area contributed by atoms with Crippen LogP contribution in [0.3, 0.4) is 0 Å². The Morgan fingerprint density at radius 2 is 1.95 bits per heavy atom. The number of carbonyl (C=O) groups is 2. The number of nitrogens with zero attached hydrogens (tertiary/aromatic N) is 1. The number of pyridine rings is 1. The van der Waals surface area contributed by atoms with Crippen LogP contribution in [0.15, 0.2) is 22.8 Å². The summed E-state index contributed by atoms with van der Waals surface area (Å²) in [6.45, 7) is 5.94. The van der Waals surface area contributed by atoms with Crippen LogP contribution in [-0.4, -0.2) is 35.7 Å². The van der Waals surface area contributed by atoms with Crippen LogP contribution in [0.25, 0.3) is 0 Å². The lowest BCUT2D eigenvalue weighted by Gasteiger charge is -2.19. The average Bonchev–Trinajstić information content (AvgIpc) is 2.32. The molecule has 6 nitrogen and oxygen atoms in total. The monoisotopic (exact) mass is 343 g/mol. The van der Waals surface area contributed by atoms with E-state index in [1.807, 2.05) is 0 Å². The molecule has 0 fully saturated rings. The summed E-state index contributed by atoms with van der Waals surface area (Å²) < 4.78 is 5.85. The SMILES string of the molecule is CC(C)(C)OC(=O)NCCNC(=O)c1cc(Br)ccn1. The minimum atomic E-state index is -0.534. The lowest BCUT2D eigenvalue weighted by Crippen LogP contribution is -2.38. The lowest BCUT2D eigenvalue weighted by molar-refractivity contribution is 0.0526. The molecule has 0 aromatic carbocycles. The highest BCUT2D eigenvalue weighted by Crippen LogP contribution is 2.08. The standard InChI is InChI=1S/C13H18BrN3O3/c1-13(2,3)20-12(19)17-7-6-16-11(18)10-8-9(14)4-5-15-10/h4-5,8H,6-7H2,1-3H3,(H,16,18)(H,17,19). The number of ether oxygens (including phenoxy) is 1. The fourth-order valence-electron chi connectivity index (χ4n) is 1.27. The van der Waals surface area contributed by atoms with Crippen molar-refractivity contribution in [3.8, 4) is 0 Å². The van der Waals surface area contributed by atoms with Gasteiger partial charge in [0.2, 0.25) is 0 Å². The first-order valence-corrected chi connectivity index (χ1v) is 6.94. The van der Waals surface area contributed by atoms with Gasteiger partial charge >= 0.3 is 6.09 Å². The van der Waals surface area contributed by atoms with E-state index in [-0.39, 0.29) is 12.5 Å². The number of alkyl carbamates (subject to hydrolysis) is 1. The van der Waals surface area contributed by atoms with Crippen LogP contribution in [-0.2, 0) is 4.74 Å². The summed E-state index contributed by atoms with van der Waals surface area (Å²) in [5.74, 6) is -0.294. The van der Waals surface area contributed by atoms with Gasteiger partial charge in [-0.3, -0.25) is 9.78 Å². The highest BCUT2D eigenvalue weighted by molar-refractivity contribution is 9.10. The van der Waals surface area contributed by atoms with E-state index in [2.05, 4.69) is 31.5 Å². The number of nitrogens with one attached hydrogen (secondary N) is 2. The van der Waals surface area contributed by atoms with Gasteiger partial charge in [-0.15, -0.1) is 0 Å². The van der Waals surface area contributed by atoms with Crippen molar-refractivity contribution in [3.05, 3.63) is 28.5 Å². The second kappa shape index (κ2) is 7.23. The minimum Gasteiger partial charge on any atom is -0.444 e. The lowest BCUT2D eigenvalue weighted by atomic mass is 10.2. The van der Waals surface area contributed by atoms with Gasteiger partial charge in [-0.2, -0.15) is 0 Å². The molecule has 0 spiro atoms. The maximum absolute atomic E-state index is 11.7. The highest BCUT2D eigenvalue weighted by atomic mass is 79.9. The first kappa shape index (κ1) is 16.4. The number of hydrogen-bond acceptors (Lipinski definition) is 4. The van der Waals surface area contributed by atoms with Gasteiger partial charge in [-0.1, -0.05) is 15.9 Å². The first-order valence-electron chi connectivity index (χ1n) is 6.14. The summed E-state index contributed by atoms with van der Waals surface area (Å²) in [5.41, 5.74) is -0.218. The molecular formula is C13H18BrN3O3. The number of halogens is 1. The molecule has 110 valence electrons. The van der Waals surface area contributed by atoms with Gasteiger partial charge in [0.05, 0.1) is 0 Å². The van der Waals surface area contributed by atoms with Crippen molar-refractivity contribution in [2.45, 2.75) is 26.4 Å². The predicted molar refractivity (Wildman–Crippen MR) is 78.5 cm³/mol. The van der Waals surface area contributed by atoms with Crippen LogP contribution >= 0.6 is 15.9 Å². The maximum atomic E-state index is 11.7. The third-order valence-corrected chi connectivity index (χ3v) is 2.53. The summed E-state index contributed by atoms with van der Waals surface area (Å²) in [7, 11) is 0. The largest absolute Gasteiger partial charge is 0.444 e. The maximum Gasteiger partial charge on any atom is 0.407 e. The second-order valence-electron chi connectivity index (χ2n) is 5.04. The quantitative estimate of drug-likeness (QED) is 0.820. The van der Waals surface area contributed by atoms with Crippen molar-refractivity contribution in [3.63, 3.8) is 0 Å². The van der Waals surface area contributed by atoms with E-state index in [0.717, 1.165) is 4.47 Å². The van der Waals surface area contributed by atoms with E-state index in [1.54, 1.807) is 32.9 Å². The summed E-state index contributed by atoms with van der Waals surface area (Å²) in [6, 6.07) is 3.36. The van der Waals surface area contributed by atoms with E-state index in [1.165, 1.54) is 6.20 Å². The second-order valence-corrected chi connectivity index (χ2v) is 5.96. The minimum absolute atomic E-state index is 0.286. The van der Waals surface area contributed by atoms with E-state index in [4.69, 9.17) is 4.74 Å². The molecule has 0 aliphatic heterocycles. The van der Waals surface area contributed by atoms with Crippen molar-refractivity contribution in [1.82, 2.24) is 15.6 Å². The normalized spacial score (nSPS) is 10.8. The Bertz CT molecular complexity index is 486. The molecule has 0 saturated heterocycles. The van der Waals surface area contributed by atoms with Crippen molar-refractivity contribution in [2.24, 2.45) is 0 Å². The van der Waals surface area contributed by atoms with Crippen LogP contribution in [0, 0.1) is 0 Å². The van der Waals surface area contributed by atoms with Gasteiger partial charge in [0.1, 0.15) is 11.3 Å². The third kappa shape index (κ3) is 6.51. The molecule has 20 heavy (non-hydrogen) atoms. The van der Waals surface area contributed by atoms with Gasteiger partial charge in [0, 0.05) is 23.8 Å². The molecular weight excluding hydrogens is 326 g/mol. The summed E-state index contributed by atoms with van der Waals surface area (Å²) in [4.78, 5) is 27.0. The van der Waals surface area contributed by atoms with Crippen LogP contribution in [0.1, 0.15) is 31.3 Å². The van der Waals surface area contributed by atoms with Crippen LogP contribution < -0.4 is 10.6 Å². The van der Waals surface area contributed by atoms with Crippen LogP contribution in [0.4, 0.5) is 4.79 Å². The Kier molecular flexibility index (Phi) is 5.94. The molecule has 0 atom stereocenters. The molecule has 0 saturated carbocycles. The molecule has 0 aliphatic carbocycles. The predicted octanol–water partition coefficient (Wildman–Crippen LogP) is 2.10. The van der Waals surface area contributed by atoms with Crippen molar-refractivity contribution < 1.29 is 14.3 Å². The summed E-state index contributed by atoms with van der Waals surface area (Å²) in [5, 5.41) is 5.20. The number of carbonyl (C=O) groups excluding carboxylic acids is 2. The molecule has 1 aromatic heterocycles. The van der Waals surface area contributed by atoms with E-state index >= 15 is 0 Å². The molecule has 0 aliphatic rings. The smallest absolute Gasteiger partial charge is 0.407 e. The van der Waals surface area contributed by atoms with Crippen molar-refractivity contribution in [2.75, 3.05) is 13.1 Å². The van der Waals surface area contributed by atoms with Crippen LogP contribution in [0.2, 0.25) is 0 Å². The number of amides is 2. The van der Waals surface area contributed by atoms with E-state index < -0.39 is 11.7 Å². The fraction of sp³-hybridized carbons (Fsp3) is 0.462. The zero-order valence-electron chi connectivity index (χ0n) is 11.7. The molecule has 2 amide bonds. The van der Waals surface area contributed by atoms with Crippen molar-refractivity contribution in [1.29, 1.82) is 0 Å². The Morgan fingerprint density at radius 1 is 1.30 bits per heavy atom. The molecule has 0 unspecified atom stereocenters. The highest BCUT2D eigenvalue weighted by Gasteiger charge is 2.15. The average molecular weight is 344 g/mol.